The lowest BCUT2D eigenvalue weighted by Crippen LogP contribution is -2.07. The van der Waals surface area contributed by atoms with Crippen molar-refractivity contribution in [3.63, 3.8) is 0 Å². The number of rotatable bonds is 3. The molecule has 16 heavy (non-hydrogen) atoms. The predicted molar refractivity (Wildman–Crippen MR) is 73.7 cm³/mol. The molecule has 1 aromatic rings. The van der Waals surface area contributed by atoms with Gasteiger partial charge in [-0.2, -0.15) is 0 Å². The highest BCUT2D eigenvalue weighted by Gasteiger charge is 2.18. The summed E-state index contributed by atoms with van der Waals surface area (Å²) in [4.78, 5) is 4.48. The number of para-hydroxylation sites is 1. The van der Waals surface area contributed by atoms with Crippen LogP contribution in [-0.4, -0.2) is 17.0 Å². The van der Waals surface area contributed by atoms with E-state index in [0.717, 1.165) is 22.4 Å². The minimum Gasteiger partial charge on any atom is -0.334 e. The Balaban J connectivity index is 1.95. The van der Waals surface area contributed by atoms with Crippen LogP contribution < -0.4 is 5.32 Å². The van der Waals surface area contributed by atoms with Crippen molar-refractivity contribution in [3.05, 3.63) is 29.3 Å². The van der Waals surface area contributed by atoms with E-state index in [9.17, 15) is 0 Å². The molecule has 0 aliphatic carbocycles. The van der Waals surface area contributed by atoms with E-state index in [1.165, 1.54) is 12.8 Å². The first-order valence-electron chi connectivity index (χ1n) is 5.52. The summed E-state index contributed by atoms with van der Waals surface area (Å²) in [6.45, 7) is 3.13. The summed E-state index contributed by atoms with van der Waals surface area (Å²) in [5.41, 5.74) is 0.938. The monoisotopic (exact) mass is 254 g/mol. The summed E-state index contributed by atoms with van der Waals surface area (Å²) < 4.78 is 0. The normalized spacial score (nSPS) is 19.6. The van der Waals surface area contributed by atoms with Crippen molar-refractivity contribution in [1.29, 1.82) is 0 Å². The fourth-order valence-electron chi connectivity index (χ4n) is 1.64. The summed E-state index contributed by atoms with van der Waals surface area (Å²) >= 11 is 7.89. The molecular weight excluding hydrogens is 240 g/mol. The second kappa shape index (κ2) is 5.60. The van der Waals surface area contributed by atoms with Crippen molar-refractivity contribution >= 4 is 34.2 Å². The Morgan fingerprint density at radius 1 is 1.50 bits per heavy atom. The van der Waals surface area contributed by atoms with Crippen LogP contribution in [0, 0.1) is 0 Å². The van der Waals surface area contributed by atoms with E-state index in [4.69, 9.17) is 11.6 Å². The molecule has 0 saturated heterocycles. The van der Waals surface area contributed by atoms with Crippen molar-refractivity contribution in [2.75, 3.05) is 11.9 Å². The Morgan fingerprint density at radius 2 is 2.31 bits per heavy atom. The van der Waals surface area contributed by atoms with E-state index in [1.807, 2.05) is 36.0 Å². The molecule has 1 atom stereocenters. The number of halogens is 1. The van der Waals surface area contributed by atoms with Gasteiger partial charge in [0.1, 0.15) is 0 Å². The van der Waals surface area contributed by atoms with Gasteiger partial charge >= 0.3 is 0 Å². The molecule has 4 heteroatoms. The Kier molecular flexibility index (Phi) is 4.13. The number of nitrogens with one attached hydrogen (secondary N) is 1. The number of amidine groups is 1. The van der Waals surface area contributed by atoms with Gasteiger partial charge in [0.25, 0.3) is 0 Å². The number of aliphatic imine (C=N–C) groups is 1. The number of thioether (sulfide) groups is 1. The second-order valence-electron chi connectivity index (χ2n) is 3.78. The van der Waals surface area contributed by atoms with Gasteiger partial charge < -0.3 is 5.32 Å². The zero-order valence-electron chi connectivity index (χ0n) is 9.24. The number of benzene rings is 1. The van der Waals surface area contributed by atoms with Gasteiger partial charge in [0.2, 0.25) is 0 Å². The molecule has 1 aliphatic heterocycles. The summed E-state index contributed by atoms with van der Waals surface area (Å²) in [5.74, 6) is 0. The van der Waals surface area contributed by atoms with Crippen LogP contribution in [0.3, 0.4) is 0 Å². The molecule has 0 spiro atoms. The van der Waals surface area contributed by atoms with Crippen LogP contribution in [0.25, 0.3) is 0 Å². The molecule has 0 bridgehead atoms. The lowest BCUT2D eigenvalue weighted by molar-refractivity contribution is 0.754. The maximum Gasteiger partial charge on any atom is 0.161 e. The fraction of sp³-hybridized carbons (Fsp3) is 0.417. The highest BCUT2D eigenvalue weighted by atomic mass is 35.5. The highest BCUT2D eigenvalue weighted by Crippen LogP contribution is 2.28. The third kappa shape index (κ3) is 2.92. The summed E-state index contributed by atoms with van der Waals surface area (Å²) in [6.07, 6.45) is 2.44. The van der Waals surface area contributed by atoms with Gasteiger partial charge in [-0.05, 0) is 18.6 Å². The molecular formula is C12H15ClN2S. The molecule has 0 radical (unpaired) electrons. The third-order valence-electron chi connectivity index (χ3n) is 2.44. The van der Waals surface area contributed by atoms with Gasteiger partial charge in [0, 0.05) is 5.25 Å². The topological polar surface area (TPSA) is 24.4 Å². The molecule has 1 aromatic carbocycles. The third-order valence-corrected chi connectivity index (χ3v) is 3.95. The number of hydrogen-bond acceptors (Lipinski definition) is 3. The van der Waals surface area contributed by atoms with Crippen LogP contribution in [0.15, 0.2) is 29.3 Å². The lowest BCUT2D eigenvalue weighted by atomic mass is 10.2. The zero-order chi connectivity index (χ0) is 11.4. The van der Waals surface area contributed by atoms with E-state index in [-0.39, 0.29) is 0 Å². The molecule has 0 fully saturated rings. The molecule has 2 rings (SSSR count). The van der Waals surface area contributed by atoms with Crippen molar-refractivity contribution < 1.29 is 0 Å². The standard InChI is InChI=1S/C12H15ClN2S/c1-2-5-9-8-14-12(16-9)15-11-7-4-3-6-10(11)13/h3-4,6-7,9H,2,5,8H2,1H3,(H,14,15). The minimum atomic E-state index is 0.634. The fourth-order valence-corrected chi connectivity index (χ4v) is 2.96. The van der Waals surface area contributed by atoms with Gasteiger partial charge in [-0.1, -0.05) is 48.8 Å². The van der Waals surface area contributed by atoms with Crippen LogP contribution >= 0.6 is 23.4 Å². The van der Waals surface area contributed by atoms with E-state index >= 15 is 0 Å². The molecule has 0 amide bonds. The van der Waals surface area contributed by atoms with Crippen LogP contribution in [-0.2, 0) is 0 Å². The van der Waals surface area contributed by atoms with Gasteiger partial charge in [0.15, 0.2) is 5.17 Å². The molecule has 1 aliphatic rings. The maximum absolute atomic E-state index is 6.07. The van der Waals surface area contributed by atoms with Gasteiger partial charge in [-0.25, -0.2) is 0 Å². The molecule has 0 aromatic heterocycles. The van der Waals surface area contributed by atoms with E-state index < -0.39 is 0 Å². The van der Waals surface area contributed by atoms with Gasteiger partial charge in [-0.15, -0.1) is 0 Å². The summed E-state index contributed by atoms with van der Waals surface area (Å²) in [7, 11) is 0. The largest absolute Gasteiger partial charge is 0.334 e. The molecule has 1 unspecified atom stereocenters. The van der Waals surface area contributed by atoms with Crippen molar-refractivity contribution in [3.8, 4) is 0 Å². The first-order valence-corrected chi connectivity index (χ1v) is 6.78. The SMILES string of the molecule is CCCC1CN=C(Nc2ccccc2Cl)S1. The van der Waals surface area contributed by atoms with Gasteiger partial charge in [-0.3, -0.25) is 4.99 Å². The lowest BCUT2D eigenvalue weighted by Gasteiger charge is -2.08. The highest BCUT2D eigenvalue weighted by molar-refractivity contribution is 8.15. The Bertz CT molecular complexity index is 392. The quantitative estimate of drug-likeness (QED) is 0.881. The van der Waals surface area contributed by atoms with E-state index in [2.05, 4.69) is 17.2 Å². The van der Waals surface area contributed by atoms with Crippen LogP contribution in [0.5, 0.6) is 0 Å². The molecule has 0 saturated carbocycles. The summed E-state index contributed by atoms with van der Waals surface area (Å²) in [6, 6.07) is 7.75. The number of hydrogen-bond donors (Lipinski definition) is 1. The average Bonchev–Trinajstić information content (AvgIpc) is 2.70. The Morgan fingerprint density at radius 3 is 3.06 bits per heavy atom. The Hall–Kier alpha value is -0.670. The zero-order valence-corrected chi connectivity index (χ0v) is 10.8. The first kappa shape index (κ1) is 11.8. The molecule has 2 nitrogen and oxygen atoms in total. The first-order chi connectivity index (χ1) is 7.79. The Labute approximate surface area is 105 Å². The van der Waals surface area contributed by atoms with Crippen molar-refractivity contribution in [2.24, 2.45) is 4.99 Å². The van der Waals surface area contributed by atoms with E-state index in [1.54, 1.807) is 0 Å². The summed E-state index contributed by atoms with van der Waals surface area (Å²) in [5, 5.41) is 5.65. The van der Waals surface area contributed by atoms with Crippen LogP contribution in [0.2, 0.25) is 5.02 Å². The second-order valence-corrected chi connectivity index (χ2v) is 5.48. The number of anilines is 1. The average molecular weight is 255 g/mol. The predicted octanol–water partition coefficient (Wildman–Crippen LogP) is 4.02. The van der Waals surface area contributed by atoms with Crippen LogP contribution in [0.4, 0.5) is 5.69 Å². The molecule has 86 valence electrons. The van der Waals surface area contributed by atoms with Crippen molar-refractivity contribution in [1.82, 2.24) is 0 Å². The molecule has 1 heterocycles. The number of nitrogens with zero attached hydrogens (tertiary/aromatic N) is 1. The van der Waals surface area contributed by atoms with Crippen molar-refractivity contribution in [2.45, 2.75) is 25.0 Å². The maximum atomic E-state index is 6.07. The van der Waals surface area contributed by atoms with Gasteiger partial charge in [0.05, 0.1) is 17.3 Å². The smallest absolute Gasteiger partial charge is 0.161 e. The molecule has 1 N–H and O–H groups in total. The van der Waals surface area contributed by atoms with E-state index in [0.29, 0.717) is 5.25 Å². The van der Waals surface area contributed by atoms with Crippen LogP contribution in [0.1, 0.15) is 19.8 Å². The minimum absolute atomic E-state index is 0.634.